The summed E-state index contributed by atoms with van der Waals surface area (Å²) in [6.45, 7) is 2.38. The molecule has 0 saturated carbocycles. The fourth-order valence-corrected chi connectivity index (χ4v) is 1.76. The normalized spacial score (nSPS) is 17.3. The van der Waals surface area contributed by atoms with Gasteiger partial charge in [0.25, 0.3) is 5.56 Å². The summed E-state index contributed by atoms with van der Waals surface area (Å²) in [4.78, 5) is 13.4. The Hall–Kier alpha value is -1.36. The lowest BCUT2D eigenvalue weighted by Crippen LogP contribution is -2.23. The maximum Gasteiger partial charge on any atom is 0.285 e. The fraction of sp³-hybridized carbons (Fsp3) is 0.545. The highest BCUT2D eigenvalue weighted by Gasteiger charge is 2.13. The van der Waals surface area contributed by atoms with Crippen molar-refractivity contribution >= 4 is 5.82 Å². The van der Waals surface area contributed by atoms with Gasteiger partial charge in [-0.05, 0) is 30.9 Å². The molecular weight excluding hydrogens is 211 g/mol. The van der Waals surface area contributed by atoms with Crippen LogP contribution in [0.15, 0.2) is 16.9 Å². The average Bonchev–Trinajstić information content (AvgIpc) is 2.32. The van der Waals surface area contributed by atoms with Crippen LogP contribution in [0, 0.1) is 11.7 Å². The number of hydrogen-bond donors (Lipinski definition) is 2. The number of H-pyrrole nitrogens is 1. The van der Waals surface area contributed by atoms with E-state index in [0.29, 0.717) is 11.7 Å². The third-order valence-corrected chi connectivity index (χ3v) is 2.78. The number of rotatable bonds is 3. The van der Waals surface area contributed by atoms with Crippen LogP contribution >= 0.6 is 0 Å². The molecule has 1 fully saturated rings. The summed E-state index contributed by atoms with van der Waals surface area (Å²) in [5.41, 5.74) is -0.683. The second-order valence-electron chi connectivity index (χ2n) is 3.99. The van der Waals surface area contributed by atoms with Crippen molar-refractivity contribution in [3.05, 3.63) is 28.3 Å². The fourth-order valence-electron chi connectivity index (χ4n) is 1.76. The van der Waals surface area contributed by atoms with Crippen LogP contribution in [0.5, 0.6) is 0 Å². The maximum atomic E-state index is 12.7. The monoisotopic (exact) mass is 226 g/mol. The molecule has 1 aromatic heterocycles. The van der Waals surface area contributed by atoms with Crippen LogP contribution in [-0.4, -0.2) is 24.7 Å². The molecule has 0 bridgehead atoms. The lowest BCUT2D eigenvalue weighted by Gasteiger charge is -2.22. The lowest BCUT2D eigenvalue weighted by atomic mass is 10.0. The van der Waals surface area contributed by atoms with Crippen LogP contribution in [0.2, 0.25) is 0 Å². The highest BCUT2D eigenvalue weighted by molar-refractivity contribution is 5.33. The van der Waals surface area contributed by atoms with Crippen molar-refractivity contribution in [1.29, 1.82) is 0 Å². The Balaban J connectivity index is 1.88. The van der Waals surface area contributed by atoms with E-state index in [4.69, 9.17) is 4.74 Å². The zero-order valence-corrected chi connectivity index (χ0v) is 8.96. The lowest BCUT2D eigenvalue weighted by molar-refractivity contribution is 0.0699. The molecule has 1 aromatic rings. The molecule has 2 rings (SSSR count). The maximum absolute atomic E-state index is 12.7. The summed E-state index contributed by atoms with van der Waals surface area (Å²) in [5.74, 6) is 0.372. The second kappa shape index (κ2) is 5.12. The summed E-state index contributed by atoms with van der Waals surface area (Å²) in [6.07, 6.45) is 2.05. The van der Waals surface area contributed by atoms with Gasteiger partial charge in [-0.2, -0.15) is 0 Å². The summed E-state index contributed by atoms with van der Waals surface area (Å²) >= 11 is 0. The molecule has 0 atom stereocenters. The molecular formula is C11H15FN2O2. The van der Waals surface area contributed by atoms with Gasteiger partial charge in [0.1, 0.15) is 5.82 Å². The third-order valence-electron chi connectivity index (χ3n) is 2.78. The third kappa shape index (κ3) is 2.82. The summed E-state index contributed by atoms with van der Waals surface area (Å²) in [5, 5.41) is 3.10. The molecule has 2 heterocycles. The zero-order valence-electron chi connectivity index (χ0n) is 8.96. The van der Waals surface area contributed by atoms with Crippen molar-refractivity contribution in [3.8, 4) is 0 Å². The van der Waals surface area contributed by atoms with Gasteiger partial charge in [0.05, 0.1) is 0 Å². The van der Waals surface area contributed by atoms with Gasteiger partial charge in [0.2, 0.25) is 0 Å². The van der Waals surface area contributed by atoms with Gasteiger partial charge < -0.3 is 15.0 Å². The van der Waals surface area contributed by atoms with Crippen molar-refractivity contribution in [3.63, 3.8) is 0 Å². The Morgan fingerprint density at radius 2 is 2.19 bits per heavy atom. The minimum atomic E-state index is -0.753. The molecule has 2 N–H and O–H groups in total. The largest absolute Gasteiger partial charge is 0.381 e. The van der Waals surface area contributed by atoms with Gasteiger partial charge >= 0.3 is 0 Å². The van der Waals surface area contributed by atoms with E-state index in [1.54, 1.807) is 0 Å². The minimum absolute atomic E-state index is 0.558. The standard InChI is InChI=1S/C11H15FN2O2/c12-9-1-2-10(14-11(9)15)13-7-8-3-5-16-6-4-8/h1-2,8H,3-7H2,(H2,13,14,15). The van der Waals surface area contributed by atoms with E-state index in [0.717, 1.165) is 32.6 Å². The second-order valence-corrected chi connectivity index (χ2v) is 3.99. The van der Waals surface area contributed by atoms with Crippen LogP contribution < -0.4 is 10.9 Å². The van der Waals surface area contributed by atoms with Crippen molar-refractivity contribution in [1.82, 2.24) is 4.98 Å². The number of aromatic amines is 1. The Morgan fingerprint density at radius 3 is 2.88 bits per heavy atom. The molecule has 0 unspecified atom stereocenters. The number of ether oxygens (including phenoxy) is 1. The van der Waals surface area contributed by atoms with Crippen LogP contribution in [0.4, 0.5) is 10.2 Å². The first-order chi connectivity index (χ1) is 7.75. The number of pyridine rings is 1. The minimum Gasteiger partial charge on any atom is -0.381 e. The van der Waals surface area contributed by atoms with E-state index in [1.807, 2.05) is 0 Å². The Morgan fingerprint density at radius 1 is 1.44 bits per heavy atom. The summed E-state index contributed by atoms with van der Waals surface area (Å²) in [6, 6.07) is 2.71. The first kappa shape index (κ1) is 11.1. The number of aromatic nitrogens is 1. The SMILES string of the molecule is O=c1[nH]c(NCC2CCOCC2)ccc1F. The summed E-state index contributed by atoms with van der Waals surface area (Å²) in [7, 11) is 0. The Kier molecular flexibility index (Phi) is 3.56. The predicted octanol–water partition coefficient (Wildman–Crippen LogP) is 1.35. The predicted molar refractivity (Wildman–Crippen MR) is 59.1 cm³/mol. The highest BCUT2D eigenvalue weighted by atomic mass is 19.1. The van der Waals surface area contributed by atoms with Crippen molar-refractivity contribution in [2.24, 2.45) is 5.92 Å². The van der Waals surface area contributed by atoms with Crippen LogP contribution in [0.3, 0.4) is 0 Å². The number of hydrogen-bond acceptors (Lipinski definition) is 3. The first-order valence-corrected chi connectivity index (χ1v) is 5.46. The molecule has 16 heavy (non-hydrogen) atoms. The smallest absolute Gasteiger partial charge is 0.285 e. The van der Waals surface area contributed by atoms with Gasteiger partial charge in [0, 0.05) is 19.8 Å². The molecule has 0 amide bonds. The Bertz CT molecular complexity index is 399. The molecule has 0 aromatic carbocycles. The topological polar surface area (TPSA) is 54.1 Å². The van der Waals surface area contributed by atoms with Gasteiger partial charge in [-0.3, -0.25) is 4.79 Å². The molecule has 0 spiro atoms. The molecule has 88 valence electrons. The van der Waals surface area contributed by atoms with E-state index >= 15 is 0 Å². The van der Waals surface area contributed by atoms with Crippen molar-refractivity contribution in [2.75, 3.05) is 25.1 Å². The molecule has 1 saturated heterocycles. The molecule has 0 aliphatic carbocycles. The van der Waals surface area contributed by atoms with E-state index < -0.39 is 11.4 Å². The van der Waals surface area contributed by atoms with Crippen LogP contribution in [-0.2, 0) is 4.74 Å². The van der Waals surface area contributed by atoms with Gasteiger partial charge in [-0.1, -0.05) is 0 Å². The zero-order chi connectivity index (χ0) is 11.4. The quantitative estimate of drug-likeness (QED) is 0.818. The number of nitrogens with one attached hydrogen (secondary N) is 2. The van der Waals surface area contributed by atoms with Crippen LogP contribution in [0.25, 0.3) is 0 Å². The average molecular weight is 226 g/mol. The molecule has 4 nitrogen and oxygen atoms in total. The van der Waals surface area contributed by atoms with Crippen molar-refractivity contribution in [2.45, 2.75) is 12.8 Å². The van der Waals surface area contributed by atoms with E-state index in [2.05, 4.69) is 10.3 Å². The summed E-state index contributed by atoms with van der Waals surface area (Å²) < 4.78 is 18.0. The van der Waals surface area contributed by atoms with Crippen molar-refractivity contribution < 1.29 is 9.13 Å². The first-order valence-electron chi connectivity index (χ1n) is 5.46. The van der Waals surface area contributed by atoms with Gasteiger partial charge in [-0.15, -0.1) is 0 Å². The van der Waals surface area contributed by atoms with Gasteiger partial charge in [0.15, 0.2) is 5.82 Å². The molecule has 0 radical (unpaired) electrons. The molecule has 5 heteroatoms. The molecule has 1 aliphatic heterocycles. The van der Waals surface area contributed by atoms with Gasteiger partial charge in [-0.25, -0.2) is 4.39 Å². The van der Waals surface area contributed by atoms with E-state index in [9.17, 15) is 9.18 Å². The van der Waals surface area contributed by atoms with E-state index in [1.165, 1.54) is 12.1 Å². The van der Waals surface area contributed by atoms with E-state index in [-0.39, 0.29) is 0 Å². The van der Waals surface area contributed by atoms with Crippen LogP contribution in [0.1, 0.15) is 12.8 Å². The number of anilines is 1. The Labute approximate surface area is 92.8 Å². The highest BCUT2D eigenvalue weighted by Crippen LogP contribution is 2.14. The molecule has 1 aliphatic rings. The number of halogens is 1.